The molecule has 0 aromatic carbocycles. The number of hydrogen-bond acceptors (Lipinski definition) is 26. The standard InChI is InChI=1S/C54H72O2S24/c1-7-13-18-22-28-58-35-36(59-29-23-19-14-8-2)66-43(65-35)47-73-51-52(74-47)78-49(77-51)45-69-39(57-27-17-11-5)41(71-45)63-33-64-42-40(62-32-26-34(55)56-12-6)70-46(72-42)50-79-53-54(80-50)76-48(75-53)44-67-37(60-30-24-20-15-9-3)38(68-44)61-31-25-21-16-10-4/h7-33H2,1-6H3. The van der Waals surface area contributed by atoms with Crippen LogP contribution in [0.1, 0.15) is 164 Å². The van der Waals surface area contributed by atoms with Crippen molar-refractivity contribution in [2.75, 3.05) is 46.2 Å². The van der Waals surface area contributed by atoms with E-state index in [2.05, 4.69) is 140 Å². The van der Waals surface area contributed by atoms with E-state index in [9.17, 15) is 4.79 Å². The first-order chi connectivity index (χ1) is 39.3. The second kappa shape index (κ2) is 40.4. The Bertz CT molecular complexity index is 2380. The van der Waals surface area contributed by atoms with Gasteiger partial charge in [-0.15, -0.1) is 94.1 Å². The maximum Gasteiger partial charge on any atom is 0.306 e. The molecular weight excluding hydrogens is 1450 g/mol. The van der Waals surface area contributed by atoms with Crippen molar-refractivity contribution in [1.82, 2.24) is 0 Å². The zero-order valence-corrected chi connectivity index (χ0v) is 65.8. The number of hydrogen-bond donors (Lipinski definition) is 0. The van der Waals surface area contributed by atoms with Crippen molar-refractivity contribution >= 4 is 288 Å². The number of thioether (sulfide) groups is 24. The molecule has 0 spiro atoms. The van der Waals surface area contributed by atoms with E-state index in [0.717, 1.165) is 10.8 Å². The lowest BCUT2D eigenvalue weighted by Gasteiger charge is -2.08. The molecule has 8 aliphatic heterocycles. The second-order valence-corrected chi connectivity index (χ2v) is 48.5. The van der Waals surface area contributed by atoms with E-state index >= 15 is 0 Å². The first-order valence-electron chi connectivity index (χ1n) is 27.8. The summed E-state index contributed by atoms with van der Waals surface area (Å²) in [5.74, 6) is 6.75. The van der Waals surface area contributed by atoms with E-state index in [1.807, 2.05) is 183 Å². The van der Waals surface area contributed by atoms with E-state index in [-0.39, 0.29) is 5.97 Å². The van der Waals surface area contributed by atoms with Gasteiger partial charge in [0, 0.05) is 10.8 Å². The molecule has 0 aromatic rings. The van der Waals surface area contributed by atoms with Gasteiger partial charge in [-0.2, -0.15) is 0 Å². The summed E-state index contributed by atoms with van der Waals surface area (Å²) in [6.07, 6.45) is 24.2. The van der Waals surface area contributed by atoms with Gasteiger partial charge >= 0.3 is 5.97 Å². The van der Waals surface area contributed by atoms with E-state index < -0.39 is 0 Å². The average Bonchev–Trinajstić information content (AvgIpc) is 4.37. The van der Waals surface area contributed by atoms with E-state index in [0.29, 0.717) is 13.0 Å². The molecule has 0 aromatic heterocycles. The fourth-order valence-corrected chi connectivity index (χ4v) is 45.5. The van der Waals surface area contributed by atoms with Gasteiger partial charge in [-0.3, -0.25) is 4.79 Å². The smallest absolute Gasteiger partial charge is 0.306 e. The van der Waals surface area contributed by atoms with Crippen molar-refractivity contribution in [1.29, 1.82) is 0 Å². The Morgan fingerprint density at radius 2 is 0.500 bits per heavy atom. The highest BCUT2D eigenvalue weighted by Crippen LogP contribution is 2.75. The summed E-state index contributed by atoms with van der Waals surface area (Å²) >= 11 is 48.8. The molecule has 0 amide bonds. The van der Waals surface area contributed by atoms with Gasteiger partial charge in [0.15, 0.2) is 0 Å². The third kappa shape index (κ3) is 22.8. The monoisotopic (exact) mass is 1520 g/mol. The summed E-state index contributed by atoms with van der Waals surface area (Å²) in [6, 6.07) is 0. The SMILES string of the molecule is CCCCCCSC1=C(SCCCCCC)SC(=C2SC3=C(S2)SC(=C2SC(SCCCC)=C(SCSC4=C(SCCC(=O)OCC)SC(=C5SC6=C(SC(=C7SC(SCCCCCC)=C(SCCCCCC)S7)S6)S5)S4)S2)S3)S1. The molecule has 0 aliphatic carbocycles. The van der Waals surface area contributed by atoms with Gasteiger partial charge in [-0.05, 0) is 67.8 Å². The third-order valence-corrected chi connectivity index (χ3v) is 47.5. The van der Waals surface area contributed by atoms with E-state index in [1.165, 1.54) is 212 Å². The molecular formula is C54H72O2S24. The molecule has 8 rings (SSSR count). The molecule has 8 heterocycles. The molecule has 80 heavy (non-hydrogen) atoms. The van der Waals surface area contributed by atoms with Crippen LogP contribution in [0.25, 0.3) is 0 Å². The van der Waals surface area contributed by atoms with E-state index in [1.54, 1.807) is 16.9 Å². The molecule has 0 radical (unpaired) electrons. The molecule has 0 saturated heterocycles. The van der Waals surface area contributed by atoms with Crippen LogP contribution in [-0.4, -0.2) is 52.2 Å². The number of esters is 1. The zero-order valence-electron chi connectivity index (χ0n) is 46.2. The highest BCUT2D eigenvalue weighted by molar-refractivity contribution is 8.53. The summed E-state index contributed by atoms with van der Waals surface area (Å²) in [5.41, 5.74) is 0. The summed E-state index contributed by atoms with van der Waals surface area (Å²) in [4.78, 5) is 12.5. The highest BCUT2D eigenvalue weighted by atomic mass is 32.3. The van der Waals surface area contributed by atoms with Gasteiger partial charge < -0.3 is 4.74 Å². The first-order valence-corrected chi connectivity index (χ1v) is 48.7. The van der Waals surface area contributed by atoms with Crippen LogP contribution in [-0.2, 0) is 9.53 Å². The summed E-state index contributed by atoms with van der Waals surface area (Å²) < 4.78 is 35.0. The van der Waals surface area contributed by atoms with Gasteiger partial charge in [-0.25, -0.2) is 0 Å². The van der Waals surface area contributed by atoms with E-state index in [4.69, 9.17) is 4.74 Å². The fraction of sp³-hybridized carbons (Fsp3) is 0.611. The Labute approximate surface area is 583 Å². The Balaban J connectivity index is 0.865. The van der Waals surface area contributed by atoms with Crippen LogP contribution in [0.4, 0.5) is 0 Å². The van der Waals surface area contributed by atoms with Crippen molar-refractivity contribution in [3.63, 3.8) is 0 Å². The van der Waals surface area contributed by atoms with Crippen LogP contribution in [0.2, 0.25) is 0 Å². The molecule has 0 unspecified atom stereocenters. The summed E-state index contributed by atoms with van der Waals surface area (Å²) in [7, 11) is 0. The number of unbranched alkanes of at least 4 members (excludes halogenated alkanes) is 13. The van der Waals surface area contributed by atoms with Crippen LogP contribution in [0.5, 0.6) is 0 Å². The Kier molecular flexibility index (Phi) is 35.9. The minimum absolute atomic E-state index is 0.100. The third-order valence-electron chi connectivity index (χ3n) is 11.5. The zero-order chi connectivity index (χ0) is 55.9. The van der Waals surface area contributed by atoms with Gasteiger partial charge in [0.2, 0.25) is 0 Å². The average molecular weight is 1520 g/mol. The Hall–Kier alpha value is 5.27. The molecule has 0 atom stereocenters. The molecule has 0 saturated carbocycles. The maximum absolute atomic E-state index is 12.5. The van der Waals surface area contributed by atoms with Crippen molar-refractivity contribution in [2.45, 2.75) is 164 Å². The molecule has 444 valence electrons. The van der Waals surface area contributed by atoms with Crippen molar-refractivity contribution in [2.24, 2.45) is 0 Å². The lowest BCUT2D eigenvalue weighted by Crippen LogP contribution is -2.04. The number of carbonyl (C=O) groups excluding carboxylic acids is 1. The lowest BCUT2D eigenvalue weighted by molar-refractivity contribution is -0.142. The normalized spacial score (nSPS) is 19.6. The second-order valence-electron chi connectivity index (χ2n) is 18.0. The van der Waals surface area contributed by atoms with Gasteiger partial charge in [0.25, 0.3) is 0 Å². The summed E-state index contributed by atoms with van der Waals surface area (Å²) in [5, 5.41) is 0.967. The molecule has 26 heteroatoms. The molecule has 0 fully saturated rings. The molecule has 0 N–H and O–H groups in total. The van der Waals surface area contributed by atoms with Crippen LogP contribution < -0.4 is 0 Å². The molecule has 8 aliphatic rings. The Morgan fingerprint density at radius 1 is 0.275 bits per heavy atom. The molecule has 0 bridgehead atoms. The Morgan fingerprint density at radius 3 is 0.750 bits per heavy atom. The topological polar surface area (TPSA) is 26.3 Å². The number of rotatable bonds is 37. The van der Waals surface area contributed by atoms with Crippen molar-refractivity contribution < 1.29 is 9.53 Å². The van der Waals surface area contributed by atoms with Crippen molar-refractivity contribution in [3.8, 4) is 0 Å². The van der Waals surface area contributed by atoms with Gasteiger partial charge in [-0.1, -0.05) is 306 Å². The lowest BCUT2D eigenvalue weighted by atomic mass is 10.2. The van der Waals surface area contributed by atoms with Gasteiger partial charge in [0.1, 0.15) is 0 Å². The van der Waals surface area contributed by atoms with Crippen LogP contribution in [0.3, 0.4) is 0 Å². The first kappa shape index (κ1) is 71.1. The van der Waals surface area contributed by atoms with Crippen LogP contribution in [0.15, 0.2) is 84.7 Å². The van der Waals surface area contributed by atoms with Crippen LogP contribution in [0, 0.1) is 0 Å². The largest absolute Gasteiger partial charge is 0.466 e. The minimum atomic E-state index is -0.100. The van der Waals surface area contributed by atoms with Crippen molar-refractivity contribution in [3.05, 3.63) is 84.7 Å². The number of ether oxygens (including phenoxy) is 1. The number of carbonyl (C=O) groups is 1. The van der Waals surface area contributed by atoms with Gasteiger partial charge in [0.05, 0.1) is 97.8 Å². The minimum Gasteiger partial charge on any atom is -0.466 e. The van der Waals surface area contributed by atoms with Crippen LogP contribution >= 0.6 is 282 Å². The predicted octanol–water partition coefficient (Wildman–Crippen LogP) is 29.0. The summed E-state index contributed by atoms with van der Waals surface area (Å²) in [6.45, 7) is 13.9. The predicted molar refractivity (Wildman–Crippen MR) is 419 cm³/mol. The quantitative estimate of drug-likeness (QED) is 0.0335. The fourth-order valence-electron chi connectivity index (χ4n) is 7.32. The molecule has 2 nitrogen and oxygen atoms in total. The highest BCUT2D eigenvalue weighted by Gasteiger charge is 2.40. The maximum atomic E-state index is 12.5.